The second-order valence-electron chi connectivity index (χ2n) is 5.68. The molecule has 136 valence electrons. The highest BCUT2D eigenvalue weighted by molar-refractivity contribution is 7.89. The number of hydrogen-bond acceptors (Lipinski definition) is 5. The first-order chi connectivity index (χ1) is 12.3. The summed E-state index contributed by atoms with van der Waals surface area (Å²) in [6, 6.07) is 9.77. The van der Waals surface area contributed by atoms with Gasteiger partial charge in [-0.15, -0.1) is 11.3 Å². The number of halogens is 1. The Morgan fingerprint density at radius 1 is 1.23 bits per heavy atom. The smallest absolute Gasteiger partial charge is 0.243 e. The molecule has 1 aromatic heterocycles. The Labute approximate surface area is 154 Å². The third kappa shape index (κ3) is 3.90. The van der Waals surface area contributed by atoms with Crippen LogP contribution in [-0.2, 0) is 14.8 Å². The number of fused-ring (bicyclic) bond motifs is 1. The van der Waals surface area contributed by atoms with Gasteiger partial charge in [-0.25, -0.2) is 17.8 Å². The van der Waals surface area contributed by atoms with Crippen LogP contribution in [0.15, 0.2) is 47.4 Å². The number of carbonyl (C=O) groups excluding carboxylic acids is 1. The van der Waals surface area contributed by atoms with Crippen LogP contribution in [0.1, 0.15) is 5.01 Å². The highest BCUT2D eigenvalue weighted by Crippen LogP contribution is 2.24. The average Bonchev–Trinajstić information content (AvgIpc) is 2.94. The number of amides is 1. The molecule has 0 aliphatic heterocycles. The maximum absolute atomic E-state index is 13.0. The molecule has 0 saturated carbocycles. The second kappa shape index (κ2) is 7.10. The normalized spacial score (nSPS) is 11.8. The van der Waals surface area contributed by atoms with E-state index in [0.717, 1.165) is 31.7 Å². The molecule has 0 spiro atoms. The minimum Gasteiger partial charge on any atom is -0.325 e. The van der Waals surface area contributed by atoms with Gasteiger partial charge in [0.15, 0.2) is 0 Å². The molecule has 9 heteroatoms. The molecule has 0 bridgehead atoms. The van der Waals surface area contributed by atoms with E-state index in [1.165, 1.54) is 30.5 Å². The first kappa shape index (κ1) is 18.4. The molecule has 0 radical (unpaired) electrons. The summed E-state index contributed by atoms with van der Waals surface area (Å²) in [6.45, 7) is 1.54. The van der Waals surface area contributed by atoms with E-state index in [2.05, 4.69) is 10.3 Å². The van der Waals surface area contributed by atoms with Gasteiger partial charge in [0, 0.05) is 12.7 Å². The number of thiazole rings is 1. The van der Waals surface area contributed by atoms with E-state index in [4.69, 9.17) is 0 Å². The molecular weight excluding hydrogens is 377 g/mol. The molecule has 0 aliphatic rings. The Hall–Kier alpha value is -2.36. The van der Waals surface area contributed by atoms with Gasteiger partial charge < -0.3 is 5.32 Å². The Bertz CT molecular complexity index is 1060. The maximum Gasteiger partial charge on any atom is 0.243 e. The van der Waals surface area contributed by atoms with Crippen molar-refractivity contribution in [2.24, 2.45) is 0 Å². The monoisotopic (exact) mass is 393 g/mol. The summed E-state index contributed by atoms with van der Waals surface area (Å²) >= 11 is 1.51. The summed E-state index contributed by atoms with van der Waals surface area (Å²) in [5, 5.41) is 3.61. The van der Waals surface area contributed by atoms with Crippen molar-refractivity contribution >= 4 is 43.2 Å². The van der Waals surface area contributed by atoms with Crippen LogP contribution >= 0.6 is 11.3 Å². The lowest BCUT2D eigenvalue weighted by molar-refractivity contribution is -0.116. The summed E-state index contributed by atoms with van der Waals surface area (Å²) in [5.41, 5.74) is 1.42. The van der Waals surface area contributed by atoms with Crippen molar-refractivity contribution in [3.63, 3.8) is 0 Å². The van der Waals surface area contributed by atoms with Crippen LogP contribution in [0.5, 0.6) is 0 Å². The van der Waals surface area contributed by atoms with E-state index < -0.39 is 21.7 Å². The van der Waals surface area contributed by atoms with E-state index in [0.29, 0.717) is 5.69 Å². The van der Waals surface area contributed by atoms with Gasteiger partial charge in [0.1, 0.15) is 5.82 Å². The average molecular weight is 393 g/mol. The van der Waals surface area contributed by atoms with Gasteiger partial charge in [-0.1, -0.05) is 0 Å². The molecule has 3 aromatic rings. The van der Waals surface area contributed by atoms with Gasteiger partial charge in [-0.2, -0.15) is 4.31 Å². The molecule has 1 N–H and O–H groups in total. The van der Waals surface area contributed by atoms with Gasteiger partial charge >= 0.3 is 0 Å². The molecule has 2 aromatic carbocycles. The zero-order chi connectivity index (χ0) is 18.9. The summed E-state index contributed by atoms with van der Waals surface area (Å²) in [7, 11) is -2.58. The summed E-state index contributed by atoms with van der Waals surface area (Å²) in [6.07, 6.45) is 0. The van der Waals surface area contributed by atoms with Gasteiger partial charge in [-0.05, 0) is 49.4 Å². The number of hydrogen-bond donors (Lipinski definition) is 1. The molecule has 0 saturated heterocycles. The predicted octanol–water partition coefficient (Wildman–Crippen LogP) is 3.00. The first-order valence-electron chi connectivity index (χ1n) is 7.64. The fraction of sp³-hybridized carbons (Fsp3) is 0.176. The van der Waals surface area contributed by atoms with Crippen molar-refractivity contribution in [3.8, 4) is 0 Å². The summed E-state index contributed by atoms with van der Waals surface area (Å²) in [4.78, 5) is 16.5. The third-order valence-corrected chi connectivity index (χ3v) is 6.42. The van der Waals surface area contributed by atoms with Crippen LogP contribution in [0.25, 0.3) is 10.2 Å². The quantitative estimate of drug-likeness (QED) is 0.723. The topological polar surface area (TPSA) is 79.4 Å². The molecule has 6 nitrogen and oxygen atoms in total. The van der Waals surface area contributed by atoms with Gasteiger partial charge in [-0.3, -0.25) is 4.79 Å². The summed E-state index contributed by atoms with van der Waals surface area (Å²) < 4.78 is 39.7. The largest absolute Gasteiger partial charge is 0.325 e. The number of benzene rings is 2. The second-order valence-corrected chi connectivity index (χ2v) is 8.96. The fourth-order valence-corrected chi connectivity index (χ4v) is 4.39. The van der Waals surface area contributed by atoms with Crippen molar-refractivity contribution in [1.29, 1.82) is 0 Å². The van der Waals surface area contributed by atoms with Crippen molar-refractivity contribution < 1.29 is 17.6 Å². The van der Waals surface area contributed by atoms with Crippen molar-refractivity contribution in [2.75, 3.05) is 18.9 Å². The molecule has 0 atom stereocenters. The standard InChI is InChI=1S/C17H16FN3O3S2/c1-11-19-15-8-5-13(9-16(15)25-11)20-17(22)10-21(2)26(23,24)14-6-3-12(18)4-7-14/h3-9H,10H2,1-2H3,(H,20,22). The van der Waals surface area contributed by atoms with E-state index in [9.17, 15) is 17.6 Å². The number of sulfonamides is 1. The SMILES string of the molecule is Cc1nc2ccc(NC(=O)CN(C)S(=O)(=O)c3ccc(F)cc3)cc2s1. The minimum atomic E-state index is -3.88. The van der Waals surface area contributed by atoms with Crippen LogP contribution in [0.2, 0.25) is 0 Å². The van der Waals surface area contributed by atoms with E-state index in [-0.39, 0.29) is 11.4 Å². The lowest BCUT2D eigenvalue weighted by Gasteiger charge is -2.17. The Morgan fingerprint density at radius 3 is 2.62 bits per heavy atom. The number of nitrogens with zero attached hydrogens (tertiary/aromatic N) is 2. The fourth-order valence-electron chi connectivity index (χ4n) is 2.39. The van der Waals surface area contributed by atoms with Crippen LogP contribution < -0.4 is 5.32 Å². The van der Waals surface area contributed by atoms with Crippen molar-refractivity contribution in [3.05, 3.63) is 53.3 Å². The van der Waals surface area contributed by atoms with Gasteiger partial charge in [0.25, 0.3) is 0 Å². The zero-order valence-corrected chi connectivity index (χ0v) is 15.7. The molecule has 26 heavy (non-hydrogen) atoms. The number of aryl methyl sites for hydroxylation is 1. The van der Waals surface area contributed by atoms with Gasteiger partial charge in [0.05, 0.1) is 26.7 Å². The zero-order valence-electron chi connectivity index (χ0n) is 14.1. The number of rotatable bonds is 5. The summed E-state index contributed by atoms with van der Waals surface area (Å²) in [5.74, 6) is -1.00. The van der Waals surface area contributed by atoms with E-state index in [1.807, 2.05) is 6.92 Å². The first-order valence-corrected chi connectivity index (χ1v) is 9.90. The van der Waals surface area contributed by atoms with E-state index >= 15 is 0 Å². The lowest BCUT2D eigenvalue weighted by atomic mass is 10.3. The Morgan fingerprint density at radius 2 is 1.92 bits per heavy atom. The lowest BCUT2D eigenvalue weighted by Crippen LogP contribution is -2.34. The maximum atomic E-state index is 13.0. The van der Waals surface area contributed by atoms with Crippen molar-refractivity contribution in [1.82, 2.24) is 9.29 Å². The molecule has 0 aliphatic carbocycles. The molecule has 3 rings (SSSR count). The van der Waals surface area contributed by atoms with Gasteiger partial charge in [0.2, 0.25) is 15.9 Å². The molecule has 0 fully saturated rings. The molecule has 1 heterocycles. The van der Waals surface area contributed by atoms with Crippen LogP contribution in [-0.4, -0.2) is 37.2 Å². The number of likely N-dealkylation sites (N-methyl/N-ethyl adjacent to an activating group) is 1. The third-order valence-electron chi connectivity index (χ3n) is 3.67. The number of nitrogens with one attached hydrogen (secondary N) is 1. The number of carbonyl (C=O) groups is 1. The minimum absolute atomic E-state index is 0.0734. The molecule has 0 unspecified atom stereocenters. The predicted molar refractivity (Wildman–Crippen MR) is 99.2 cm³/mol. The van der Waals surface area contributed by atoms with Crippen LogP contribution in [0, 0.1) is 12.7 Å². The Balaban J connectivity index is 1.70. The number of anilines is 1. The molecular formula is C17H16FN3O3S2. The van der Waals surface area contributed by atoms with E-state index in [1.54, 1.807) is 18.2 Å². The van der Waals surface area contributed by atoms with Crippen LogP contribution in [0.4, 0.5) is 10.1 Å². The highest BCUT2D eigenvalue weighted by Gasteiger charge is 2.23. The number of aromatic nitrogens is 1. The van der Waals surface area contributed by atoms with Crippen molar-refractivity contribution in [2.45, 2.75) is 11.8 Å². The molecule has 1 amide bonds. The van der Waals surface area contributed by atoms with Crippen LogP contribution in [0.3, 0.4) is 0 Å². The highest BCUT2D eigenvalue weighted by atomic mass is 32.2. The Kier molecular flexibility index (Phi) is 5.03.